The maximum atomic E-state index is 12.8. The third-order valence-corrected chi connectivity index (χ3v) is 4.01. The molecule has 0 aliphatic rings. The molecule has 0 saturated heterocycles. The fourth-order valence-electron chi connectivity index (χ4n) is 2.67. The van der Waals surface area contributed by atoms with E-state index in [1.807, 2.05) is 30.3 Å². The van der Waals surface area contributed by atoms with Crippen LogP contribution in [0.3, 0.4) is 0 Å². The predicted molar refractivity (Wildman–Crippen MR) is 88.4 cm³/mol. The van der Waals surface area contributed by atoms with E-state index in [0.29, 0.717) is 17.7 Å². The lowest BCUT2D eigenvalue weighted by molar-refractivity contribution is 0.0695. The second-order valence-corrected chi connectivity index (χ2v) is 5.64. The topological polar surface area (TPSA) is 62.5 Å². The summed E-state index contributed by atoms with van der Waals surface area (Å²) in [5.41, 5.74) is 1.94. The average molecular weight is 314 g/mol. The highest BCUT2D eigenvalue weighted by atomic mass is 16.3. The van der Waals surface area contributed by atoms with E-state index >= 15 is 0 Å². The Morgan fingerprint density at radius 1 is 1.26 bits per heavy atom. The minimum Gasteiger partial charge on any atom is -0.396 e. The molecule has 0 aliphatic heterocycles. The predicted octanol–water partition coefficient (Wildman–Crippen LogP) is 2.42. The molecule has 5 heteroatoms. The summed E-state index contributed by atoms with van der Waals surface area (Å²) in [5, 5.41) is 9.34. The fraction of sp³-hybridized carbons (Fsp3) is 0.333. The monoisotopic (exact) mass is 314 g/mol. The van der Waals surface area contributed by atoms with Gasteiger partial charge < -0.3 is 14.6 Å². The first-order chi connectivity index (χ1) is 11.0. The lowest BCUT2D eigenvalue weighted by atomic mass is 10.0. The van der Waals surface area contributed by atoms with E-state index in [1.165, 1.54) is 6.92 Å². The summed E-state index contributed by atoms with van der Waals surface area (Å²) in [6.07, 6.45) is 2.11. The summed E-state index contributed by atoms with van der Waals surface area (Å²) in [5.74, 6) is -0.250. The zero-order valence-corrected chi connectivity index (χ0v) is 13.7. The first kappa shape index (κ1) is 17.0. The van der Waals surface area contributed by atoms with Gasteiger partial charge >= 0.3 is 0 Å². The summed E-state index contributed by atoms with van der Waals surface area (Å²) in [6.45, 7) is 1.47. The number of aryl methyl sites for hydroxylation is 1. The van der Waals surface area contributed by atoms with E-state index < -0.39 is 0 Å². The summed E-state index contributed by atoms with van der Waals surface area (Å²) in [4.78, 5) is 25.9. The first-order valence-corrected chi connectivity index (χ1v) is 7.56. The van der Waals surface area contributed by atoms with E-state index in [-0.39, 0.29) is 24.3 Å². The van der Waals surface area contributed by atoms with Crippen LogP contribution in [0.4, 0.5) is 0 Å². The standard InChI is InChI=1S/C18H22N2O3/c1-13(22)15-11-17(19(2)12-15)18(23)20(3)16(9-10-21)14-7-5-4-6-8-14/h4-8,11-12,16,21H,9-10H2,1-3H3. The molecule has 2 aromatic rings. The number of rotatable bonds is 6. The molecule has 1 aromatic heterocycles. The third kappa shape index (κ3) is 3.68. The van der Waals surface area contributed by atoms with Crippen molar-refractivity contribution in [1.29, 1.82) is 0 Å². The van der Waals surface area contributed by atoms with Crippen LogP contribution < -0.4 is 0 Å². The van der Waals surface area contributed by atoms with E-state index in [4.69, 9.17) is 0 Å². The number of nitrogens with zero attached hydrogens (tertiary/aromatic N) is 2. The number of benzene rings is 1. The van der Waals surface area contributed by atoms with Crippen molar-refractivity contribution in [3.05, 3.63) is 59.4 Å². The molecule has 1 unspecified atom stereocenters. The van der Waals surface area contributed by atoms with Crippen molar-refractivity contribution >= 4 is 11.7 Å². The molecule has 0 radical (unpaired) electrons. The van der Waals surface area contributed by atoms with Crippen LogP contribution in [-0.4, -0.2) is 39.9 Å². The number of carbonyl (C=O) groups is 2. The van der Waals surface area contributed by atoms with Crippen molar-refractivity contribution in [2.24, 2.45) is 7.05 Å². The molecule has 0 bridgehead atoms. The molecule has 23 heavy (non-hydrogen) atoms. The Labute approximate surface area is 136 Å². The van der Waals surface area contributed by atoms with Gasteiger partial charge in [0.15, 0.2) is 5.78 Å². The van der Waals surface area contributed by atoms with Crippen molar-refractivity contribution < 1.29 is 14.7 Å². The number of aliphatic hydroxyl groups is 1. The number of hydrogen-bond acceptors (Lipinski definition) is 3. The Bertz CT molecular complexity index is 692. The lowest BCUT2D eigenvalue weighted by Gasteiger charge is -2.28. The Hall–Kier alpha value is -2.40. The van der Waals surface area contributed by atoms with E-state index in [2.05, 4.69) is 0 Å². The Kier molecular flexibility index (Phi) is 5.34. The third-order valence-electron chi connectivity index (χ3n) is 4.01. The van der Waals surface area contributed by atoms with Crippen molar-refractivity contribution in [2.45, 2.75) is 19.4 Å². The number of aliphatic hydroxyl groups excluding tert-OH is 1. The minimum atomic E-state index is -0.218. The van der Waals surface area contributed by atoms with Crippen LogP contribution in [0, 0.1) is 0 Å². The van der Waals surface area contributed by atoms with Crippen LogP contribution in [0.2, 0.25) is 0 Å². The van der Waals surface area contributed by atoms with Crippen molar-refractivity contribution in [3.63, 3.8) is 0 Å². The maximum absolute atomic E-state index is 12.8. The van der Waals surface area contributed by atoms with Crippen LogP contribution >= 0.6 is 0 Å². The number of hydrogen-bond donors (Lipinski definition) is 1. The Morgan fingerprint density at radius 3 is 2.43 bits per heavy atom. The van der Waals surface area contributed by atoms with Crippen LogP contribution in [0.1, 0.15) is 45.8 Å². The molecule has 122 valence electrons. The van der Waals surface area contributed by atoms with Gasteiger partial charge in [-0.25, -0.2) is 0 Å². The van der Waals surface area contributed by atoms with Crippen molar-refractivity contribution in [3.8, 4) is 0 Å². The molecule has 0 spiro atoms. The number of ketones is 1. The van der Waals surface area contributed by atoms with E-state index in [1.54, 1.807) is 35.8 Å². The van der Waals surface area contributed by atoms with Crippen LogP contribution in [0.15, 0.2) is 42.6 Å². The molecule has 1 N–H and O–H groups in total. The average Bonchev–Trinajstić information content (AvgIpc) is 2.94. The smallest absolute Gasteiger partial charge is 0.270 e. The van der Waals surface area contributed by atoms with Gasteiger partial charge in [0.05, 0.1) is 6.04 Å². The highest BCUT2D eigenvalue weighted by molar-refractivity contribution is 5.99. The normalized spacial score (nSPS) is 12.0. The van der Waals surface area contributed by atoms with Gasteiger partial charge in [0.1, 0.15) is 5.69 Å². The summed E-state index contributed by atoms with van der Waals surface area (Å²) in [7, 11) is 3.47. The molecule has 0 saturated carbocycles. The summed E-state index contributed by atoms with van der Waals surface area (Å²) < 4.78 is 1.66. The number of carbonyl (C=O) groups excluding carboxylic acids is 2. The van der Waals surface area contributed by atoms with Gasteiger partial charge in [0.25, 0.3) is 5.91 Å². The fourth-order valence-corrected chi connectivity index (χ4v) is 2.67. The molecular formula is C18H22N2O3. The maximum Gasteiger partial charge on any atom is 0.270 e. The Balaban J connectivity index is 2.31. The molecule has 2 rings (SSSR count). The molecule has 5 nitrogen and oxygen atoms in total. The minimum absolute atomic E-state index is 0.0109. The first-order valence-electron chi connectivity index (χ1n) is 7.56. The number of aromatic nitrogens is 1. The SMILES string of the molecule is CC(=O)c1cc(C(=O)N(C)C(CCO)c2ccccc2)n(C)c1. The second kappa shape index (κ2) is 7.24. The molecule has 0 fully saturated rings. The second-order valence-electron chi connectivity index (χ2n) is 5.64. The van der Waals surface area contributed by atoms with Crippen molar-refractivity contribution in [1.82, 2.24) is 9.47 Å². The van der Waals surface area contributed by atoms with Crippen molar-refractivity contribution in [2.75, 3.05) is 13.7 Å². The number of Topliss-reactive ketones (excluding diaryl/α,β-unsaturated/α-hetero) is 1. The number of amides is 1. The van der Waals surface area contributed by atoms with E-state index in [0.717, 1.165) is 5.56 Å². The lowest BCUT2D eigenvalue weighted by Crippen LogP contribution is -2.33. The van der Waals surface area contributed by atoms with Crippen LogP contribution in [0.25, 0.3) is 0 Å². The van der Waals surface area contributed by atoms with Crippen LogP contribution in [0.5, 0.6) is 0 Å². The van der Waals surface area contributed by atoms with Gasteiger partial charge in [-0.05, 0) is 25.0 Å². The van der Waals surface area contributed by atoms with Gasteiger partial charge in [-0.1, -0.05) is 30.3 Å². The molecule has 0 aliphatic carbocycles. The quantitative estimate of drug-likeness (QED) is 0.833. The molecular weight excluding hydrogens is 292 g/mol. The Morgan fingerprint density at radius 2 is 1.91 bits per heavy atom. The van der Waals surface area contributed by atoms with Gasteiger partial charge in [0, 0.05) is 32.5 Å². The zero-order valence-electron chi connectivity index (χ0n) is 13.7. The molecule has 1 aromatic carbocycles. The summed E-state index contributed by atoms with van der Waals surface area (Å²) >= 11 is 0. The van der Waals surface area contributed by atoms with Gasteiger partial charge in [-0.2, -0.15) is 0 Å². The molecule has 1 heterocycles. The highest BCUT2D eigenvalue weighted by Gasteiger charge is 2.24. The largest absolute Gasteiger partial charge is 0.396 e. The zero-order chi connectivity index (χ0) is 17.0. The highest BCUT2D eigenvalue weighted by Crippen LogP contribution is 2.24. The van der Waals surface area contributed by atoms with Gasteiger partial charge in [-0.3, -0.25) is 9.59 Å². The molecule has 1 amide bonds. The van der Waals surface area contributed by atoms with Crippen LogP contribution in [-0.2, 0) is 7.05 Å². The van der Waals surface area contributed by atoms with Gasteiger partial charge in [0.2, 0.25) is 0 Å². The van der Waals surface area contributed by atoms with Gasteiger partial charge in [-0.15, -0.1) is 0 Å². The summed E-state index contributed by atoms with van der Waals surface area (Å²) in [6, 6.07) is 11.0. The van der Waals surface area contributed by atoms with E-state index in [9.17, 15) is 14.7 Å². The molecule has 1 atom stereocenters.